The first-order valence-corrected chi connectivity index (χ1v) is 6.42. The lowest BCUT2D eigenvalue weighted by molar-refractivity contribution is 1.13. The Balaban J connectivity index is 2.58. The van der Waals surface area contributed by atoms with Gasteiger partial charge in [0, 0.05) is 21.2 Å². The van der Waals surface area contributed by atoms with Crippen molar-refractivity contribution in [2.75, 3.05) is 0 Å². The fourth-order valence-electron chi connectivity index (χ4n) is 1.08. The Hall–Kier alpha value is -0.230. The molecule has 0 atom stereocenters. The summed E-state index contributed by atoms with van der Waals surface area (Å²) >= 11 is 18.3. The van der Waals surface area contributed by atoms with Crippen LogP contribution in [-0.4, -0.2) is 15.0 Å². The third kappa shape index (κ3) is 2.71. The highest BCUT2D eigenvalue weighted by atomic mass is 79.9. The van der Waals surface area contributed by atoms with E-state index in [1.54, 1.807) is 6.20 Å². The van der Waals surface area contributed by atoms with Crippen molar-refractivity contribution in [2.24, 2.45) is 0 Å². The van der Waals surface area contributed by atoms with Gasteiger partial charge in [-0.15, -0.1) is 0 Å². The molecule has 2 rings (SSSR count). The molecule has 0 amide bonds. The molecule has 7 heteroatoms. The maximum Gasteiger partial charge on any atom is 0.182 e. The van der Waals surface area contributed by atoms with Crippen molar-refractivity contribution in [1.29, 1.82) is 0 Å². The van der Waals surface area contributed by atoms with Crippen LogP contribution in [0.3, 0.4) is 0 Å². The summed E-state index contributed by atoms with van der Waals surface area (Å²) < 4.78 is 1.62. The van der Waals surface area contributed by atoms with Crippen LogP contribution in [0.5, 0.6) is 0 Å². The molecule has 0 saturated carbocycles. The number of hydrogen-bond donors (Lipinski definition) is 0. The van der Waals surface area contributed by atoms with E-state index >= 15 is 0 Å². The third-order valence-corrected chi connectivity index (χ3v) is 3.11. The van der Waals surface area contributed by atoms with E-state index in [-0.39, 0.29) is 10.3 Å². The van der Waals surface area contributed by atoms with Gasteiger partial charge >= 0.3 is 0 Å². The summed E-state index contributed by atoms with van der Waals surface area (Å²) in [5.74, 6) is 0.386. The first-order chi connectivity index (χ1) is 7.56. The smallest absolute Gasteiger partial charge is 0.182 e. The van der Waals surface area contributed by atoms with Crippen LogP contribution >= 0.6 is 55.1 Å². The first-order valence-electron chi connectivity index (χ1n) is 4.08. The standard InChI is InChI=1S/C9H3Br2Cl2N3/c10-4-1-5(11)8(14-3-4)9-15-6(12)2-7(13)16-9/h1-3H. The maximum absolute atomic E-state index is 5.80. The molecule has 0 fully saturated rings. The Morgan fingerprint density at radius 2 is 1.62 bits per heavy atom. The van der Waals surface area contributed by atoms with E-state index in [4.69, 9.17) is 23.2 Å². The summed E-state index contributed by atoms with van der Waals surface area (Å²) in [6.45, 7) is 0. The Morgan fingerprint density at radius 1 is 1.00 bits per heavy atom. The van der Waals surface area contributed by atoms with Crippen LogP contribution in [0.1, 0.15) is 0 Å². The molecule has 0 unspecified atom stereocenters. The lowest BCUT2D eigenvalue weighted by atomic mass is 10.3. The van der Waals surface area contributed by atoms with Crippen LogP contribution in [0.15, 0.2) is 27.3 Å². The molecule has 0 bridgehead atoms. The average molecular weight is 384 g/mol. The van der Waals surface area contributed by atoms with Gasteiger partial charge in [0.25, 0.3) is 0 Å². The quantitative estimate of drug-likeness (QED) is 0.686. The molecule has 16 heavy (non-hydrogen) atoms. The lowest BCUT2D eigenvalue weighted by Crippen LogP contribution is -1.93. The van der Waals surface area contributed by atoms with Crippen molar-refractivity contribution >= 4 is 55.1 Å². The van der Waals surface area contributed by atoms with Crippen LogP contribution in [0.25, 0.3) is 11.5 Å². The van der Waals surface area contributed by atoms with Gasteiger partial charge < -0.3 is 0 Å². The summed E-state index contributed by atoms with van der Waals surface area (Å²) in [6, 6.07) is 3.32. The van der Waals surface area contributed by atoms with Crippen molar-refractivity contribution in [3.63, 3.8) is 0 Å². The minimum atomic E-state index is 0.284. The van der Waals surface area contributed by atoms with Gasteiger partial charge in [0.2, 0.25) is 0 Å². The monoisotopic (exact) mass is 381 g/mol. The molecule has 0 spiro atoms. The van der Waals surface area contributed by atoms with Crippen LogP contribution < -0.4 is 0 Å². The Morgan fingerprint density at radius 3 is 2.19 bits per heavy atom. The Labute approximate surface area is 118 Å². The molecule has 2 heterocycles. The van der Waals surface area contributed by atoms with E-state index < -0.39 is 0 Å². The molecule has 0 aliphatic rings. The Kier molecular flexibility index (Phi) is 3.79. The van der Waals surface area contributed by atoms with Crippen LogP contribution in [0, 0.1) is 0 Å². The number of nitrogens with zero attached hydrogens (tertiary/aromatic N) is 3. The van der Waals surface area contributed by atoms with Crippen molar-refractivity contribution < 1.29 is 0 Å². The largest absolute Gasteiger partial charge is 0.251 e. The summed E-state index contributed by atoms with van der Waals surface area (Å²) in [5, 5.41) is 0.568. The minimum absolute atomic E-state index is 0.284. The zero-order chi connectivity index (χ0) is 11.7. The predicted molar refractivity (Wildman–Crippen MR) is 70.7 cm³/mol. The molecule has 2 aromatic heterocycles. The van der Waals surface area contributed by atoms with Crippen molar-refractivity contribution in [3.05, 3.63) is 37.6 Å². The van der Waals surface area contributed by atoms with Gasteiger partial charge in [-0.25, -0.2) is 9.97 Å². The van der Waals surface area contributed by atoms with E-state index in [1.807, 2.05) is 6.07 Å². The van der Waals surface area contributed by atoms with Gasteiger partial charge in [0.05, 0.1) is 0 Å². The molecule has 0 saturated heterocycles. The van der Waals surface area contributed by atoms with Gasteiger partial charge in [0.15, 0.2) is 5.82 Å². The number of aromatic nitrogens is 3. The van der Waals surface area contributed by atoms with Crippen LogP contribution in [0.2, 0.25) is 10.3 Å². The second-order valence-electron chi connectivity index (χ2n) is 2.82. The SMILES string of the molecule is Clc1cc(Cl)nc(-c2ncc(Br)cc2Br)n1. The molecule has 0 aromatic carbocycles. The second-order valence-corrected chi connectivity index (χ2v) is 5.37. The van der Waals surface area contributed by atoms with E-state index in [1.165, 1.54) is 6.07 Å². The van der Waals surface area contributed by atoms with Gasteiger partial charge in [0.1, 0.15) is 16.0 Å². The third-order valence-electron chi connectivity index (χ3n) is 1.68. The molecular formula is C9H3Br2Cl2N3. The van der Waals surface area contributed by atoms with Crippen LogP contribution in [-0.2, 0) is 0 Å². The fraction of sp³-hybridized carbons (Fsp3) is 0. The molecule has 0 aliphatic heterocycles. The van der Waals surface area contributed by atoms with Crippen molar-refractivity contribution in [3.8, 4) is 11.5 Å². The van der Waals surface area contributed by atoms with Gasteiger partial charge in [-0.05, 0) is 37.9 Å². The molecule has 0 radical (unpaired) electrons. The van der Waals surface area contributed by atoms with Gasteiger partial charge in [-0.2, -0.15) is 0 Å². The van der Waals surface area contributed by atoms with Crippen LogP contribution in [0.4, 0.5) is 0 Å². The molecule has 2 aromatic rings. The highest BCUT2D eigenvalue weighted by Gasteiger charge is 2.10. The fourth-order valence-corrected chi connectivity index (χ4v) is 2.66. The number of hydrogen-bond acceptors (Lipinski definition) is 3. The van der Waals surface area contributed by atoms with Gasteiger partial charge in [-0.3, -0.25) is 4.98 Å². The van der Waals surface area contributed by atoms with Crippen molar-refractivity contribution in [2.45, 2.75) is 0 Å². The predicted octanol–water partition coefficient (Wildman–Crippen LogP) is 4.37. The normalized spacial score (nSPS) is 10.5. The molecular weight excluding hydrogens is 381 g/mol. The zero-order valence-corrected chi connectivity index (χ0v) is 12.3. The van der Waals surface area contributed by atoms with E-state index in [9.17, 15) is 0 Å². The summed E-state index contributed by atoms with van der Waals surface area (Å²) in [4.78, 5) is 12.3. The zero-order valence-electron chi connectivity index (χ0n) is 7.59. The van der Waals surface area contributed by atoms with E-state index in [2.05, 4.69) is 46.8 Å². The molecule has 0 aliphatic carbocycles. The minimum Gasteiger partial charge on any atom is -0.251 e. The van der Waals surface area contributed by atoms with Crippen molar-refractivity contribution in [1.82, 2.24) is 15.0 Å². The lowest BCUT2D eigenvalue weighted by Gasteiger charge is -2.03. The second kappa shape index (κ2) is 4.96. The summed E-state index contributed by atoms with van der Waals surface area (Å²) in [5.41, 5.74) is 0.590. The number of pyridine rings is 1. The van der Waals surface area contributed by atoms with Gasteiger partial charge in [-0.1, -0.05) is 23.2 Å². The number of halogens is 4. The summed E-state index contributed by atoms with van der Waals surface area (Å²) in [7, 11) is 0. The number of rotatable bonds is 1. The summed E-state index contributed by atoms with van der Waals surface area (Å²) in [6.07, 6.45) is 1.65. The highest BCUT2D eigenvalue weighted by Crippen LogP contribution is 2.27. The van der Waals surface area contributed by atoms with E-state index in [0.717, 1.165) is 8.95 Å². The maximum atomic E-state index is 5.80. The molecule has 0 N–H and O–H groups in total. The van der Waals surface area contributed by atoms with E-state index in [0.29, 0.717) is 11.5 Å². The molecule has 82 valence electrons. The molecule has 3 nitrogen and oxygen atoms in total. The Bertz CT molecular complexity index is 528. The average Bonchev–Trinajstić information content (AvgIpc) is 2.15. The first kappa shape index (κ1) is 12.2. The topological polar surface area (TPSA) is 38.7 Å². The highest BCUT2D eigenvalue weighted by molar-refractivity contribution is 9.11.